The fourth-order valence-electron chi connectivity index (χ4n) is 2.69. The zero-order valence-electron chi connectivity index (χ0n) is 16.2. The van der Waals surface area contributed by atoms with Gasteiger partial charge >= 0.3 is 5.97 Å². The van der Waals surface area contributed by atoms with Crippen LogP contribution in [0.4, 0.5) is 8.78 Å². The van der Waals surface area contributed by atoms with E-state index in [1.165, 1.54) is 37.4 Å². The van der Waals surface area contributed by atoms with Gasteiger partial charge in [-0.15, -0.1) is 0 Å². The summed E-state index contributed by atoms with van der Waals surface area (Å²) >= 11 is 0. The van der Waals surface area contributed by atoms with E-state index in [0.29, 0.717) is 0 Å². The number of benzene rings is 3. The van der Waals surface area contributed by atoms with Crippen molar-refractivity contribution in [3.05, 3.63) is 95.1 Å². The number of amides is 1. The van der Waals surface area contributed by atoms with Crippen molar-refractivity contribution in [2.24, 2.45) is 0 Å². The van der Waals surface area contributed by atoms with Gasteiger partial charge in [-0.25, -0.2) is 8.78 Å². The number of rotatable bonds is 7. The second-order valence-corrected chi connectivity index (χ2v) is 6.45. The molecule has 1 amide bonds. The molecule has 0 fully saturated rings. The van der Waals surface area contributed by atoms with E-state index in [1.807, 2.05) is 0 Å². The lowest BCUT2D eigenvalue weighted by atomic mass is 10.1. The molecule has 0 saturated heterocycles. The lowest BCUT2D eigenvalue weighted by Crippen LogP contribution is -2.23. The molecular formula is C23H19F2NO4. The van der Waals surface area contributed by atoms with Gasteiger partial charge in [0.2, 0.25) is 0 Å². The number of carbonyl (C=O) groups is 2. The van der Waals surface area contributed by atoms with Gasteiger partial charge in [-0.05, 0) is 47.5 Å². The minimum Gasteiger partial charge on any atom is -0.469 e. The lowest BCUT2D eigenvalue weighted by Gasteiger charge is -2.12. The third-order valence-electron chi connectivity index (χ3n) is 4.28. The Morgan fingerprint density at radius 2 is 1.50 bits per heavy atom. The molecule has 7 heteroatoms. The van der Waals surface area contributed by atoms with Gasteiger partial charge in [0.05, 0.1) is 19.1 Å². The van der Waals surface area contributed by atoms with Crippen molar-refractivity contribution in [3.63, 3.8) is 0 Å². The van der Waals surface area contributed by atoms with Gasteiger partial charge in [0.1, 0.15) is 23.1 Å². The molecule has 0 heterocycles. The van der Waals surface area contributed by atoms with Crippen LogP contribution in [0.25, 0.3) is 0 Å². The molecule has 0 aromatic heterocycles. The number of hydrogen-bond acceptors (Lipinski definition) is 4. The van der Waals surface area contributed by atoms with Crippen molar-refractivity contribution in [2.75, 3.05) is 7.11 Å². The van der Waals surface area contributed by atoms with Crippen molar-refractivity contribution < 1.29 is 27.8 Å². The van der Waals surface area contributed by atoms with E-state index in [-0.39, 0.29) is 36.0 Å². The third-order valence-corrected chi connectivity index (χ3v) is 4.28. The van der Waals surface area contributed by atoms with E-state index in [2.05, 4.69) is 10.1 Å². The van der Waals surface area contributed by atoms with Crippen LogP contribution in [0.3, 0.4) is 0 Å². The minimum atomic E-state index is -0.565. The summed E-state index contributed by atoms with van der Waals surface area (Å²) in [5, 5.41) is 2.75. The summed E-state index contributed by atoms with van der Waals surface area (Å²) in [5.41, 5.74) is 1.76. The Balaban J connectivity index is 1.68. The summed E-state index contributed by atoms with van der Waals surface area (Å²) in [7, 11) is 1.33. The summed E-state index contributed by atoms with van der Waals surface area (Å²) in [5.74, 6) is -1.49. The molecule has 0 radical (unpaired) electrons. The molecule has 3 aromatic carbocycles. The standard InChI is InChI=1S/C23H19F2NO4/c1-29-22(27)12-15-2-4-16(5-3-15)14-26-23(28)20-11-8-18(25)13-21(20)30-19-9-6-17(24)7-10-19/h2-11,13H,12,14H2,1H3,(H,26,28). The highest BCUT2D eigenvalue weighted by Crippen LogP contribution is 2.26. The number of carbonyl (C=O) groups excluding carboxylic acids is 2. The van der Waals surface area contributed by atoms with E-state index in [4.69, 9.17) is 4.74 Å². The van der Waals surface area contributed by atoms with E-state index in [9.17, 15) is 18.4 Å². The van der Waals surface area contributed by atoms with Crippen LogP contribution < -0.4 is 10.1 Å². The first-order valence-corrected chi connectivity index (χ1v) is 9.10. The number of ether oxygens (including phenoxy) is 2. The third kappa shape index (κ3) is 5.64. The van der Waals surface area contributed by atoms with Gasteiger partial charge < -0.3 is 14.8 Å². The Morgan fingerprint density at radius 1 is 0.867 bits per heavy atom. The Labute approximate surface area is 172 Å². The van der Waals surface area contributed by atoms with Crippen molar-refractivity contribution in [1.29, 1.82) is 0 Å². The minimum absolute atomic E-state index is 0.0209. The summed E-state index contributed by atoms with van der Waals surface area (Å²) in [6.07, 6.45) is 0.169. The molecule has 0 spiro atoms. The van der Waals surface area contributed by atoms with Crippen molar-refractivity contribution in [3.8, 4) is 11.5 Å². The molecule has 0 aliphatic rings. The quantitative estimate of drug-likeness (QED) is 0.586. The van der Waals surface area contributed by atoms with Crippen LogP contribution in [0.5, 0.6) is 11.5 Å². The van der Waals surface area contributed by atoms with Crippen molar-refractivity contribution in [2.45, 2.75) is 13.0 Å². The van der Waals surface area contributed by atoms with Crippen LogP contribution in [-0.4, -0.2) is 19.0 Å². The molecule has 0 aliphatic carbocycles. The molecule has 0 aliphatic heterocycles. The lowest BCUT2D eigenvalue weighted by molar-refractivity contribution is -0.139. The highest BCUT2D eigenvalue weighted by molar-refractivity contribution is 5.97. The molecule has 154 valence electrons. The first-order chi connectivity index (χ1) is 14.4. The van der Waals surface area contributed by atoms with Gasteiger partial charge in [-0.2, -0.15) is 0 Å². The summed E-state index contributed by atoms with van der Waals surface area (Å²) in [6, 6.07) is 15.9. The maximum Gasteiger partial charge on any atom is 0.309 e. The van der Waals surface area contributed by atoms with Crippen LogP contribution in [0.1, 0.15) is 21.5 Å². The topological polar surface area (TPSA) is 64.6 Å². The smallest absolute Gasteiger partial charge is 0.309 e. The normalized spacial score (nSPS) is 10.4. The summed E-state index contributed by atoms with van der Waals surface area (Å²) < 4.78 is 36.9. The predicted molar refractivity (Wildman–Crippen MR) is 106 cm³/mol. The Morgan fingerprint density at radius 3 is 2.17 bits per heavy atom. The van der Waals surface area contributed by atoms with E-state index in [0.717, 1.165) is 23.3 Å². The van der Waals surface area contributed by atoms with Crippen LogP contribution in [0.2, 0.25) is 0 Å². The van der Waals surface area contributed by atoms with Gasteiger partial charge in [0.25, 0.3) is 5.91 Å². The molecule has 30 heavy (non-hydrogen) atoms. The highest BCUT2D eigenvalue weighted by Gasteiger charge is 2.15. The van der Waals surface area contributed by atoms with Crippen molar-refractivity contribution in [1.82, 2.24) is 5.32 Å². The van der Waals surface area contributed by atoms with Crippen LogP contribution in [-0.2, 0) is 22.5 Å². The van der Waals surface area contributed by atoms with Crippen LogP contribution in [0.15, 0.2) is 66.7 Å². The highest BCUT2D eigenvalue weighted by atomic mass is 19.1. The monoisotopic (exact) mass is 411 g/mol. The van der Waals surface area contributed by atoms with E-state index >= 15 is 0 Å². The number of halogens is 2. The van der Waals surface area contributed by atoms with Gasteiger partial charge in [-0.3, -0.25) is 9.59 Å². The summed E-state index contributed by atoms with van der Waals surface area (Å²) in [4.78, 5) is 23.9. The second-order valence-electron chi connectivity index (χ2n) is 6.45. The Hall–Kier alpha value is -3.74. The van der Waals surface area contributed by atoms with E-state index in [1.54, 1.807) is 24.3 Å². The number of methoxy groups -OCH3 is 1. The second kappa shape index (κ2) is 9.65. The number of esters is 1. The molecule has 0 bridgehead atoms. The average Bonchev–Trinajstić information content (AvgIpc) is 2.74. The van der Waals surface area contributed by atoms with Gasteiger partial charge in [0.15, 0.2) is 0 Å². The summed E-state index contributed by atoms with van der Waals surface area (Å²) in [6.45, 7) is 0.227. The first kappa shape index (κ1) is 21.0. The molecule has 1 N–H and O–H groups in total. The van der Waals surface area contributed by atoms with Gasteiger partial charge in [-0.1, -0.05) is 24.3 Å². The maximum absolute atomic E-state index is 13.7. The van der Waals surface area contributed by atoms with Crippen LogP contribution in [0, 0.1) is 11.6 Å². The van der Waals surface area contributed by atoms with Crippen LogP contribution >= 0.6 is 0 Å². The molecule has 3 aromatic rings. The predicted octanol–water partition coefficient (Wildman–Crippen LogP) is 4.40. The first-order valence-electron chi connectivity index (χ1n) is 9.10. The van der Waals surface area contributed by atoms with Crippen molar-refractivity contribution >= 4 is 11.9 Å². The number of nitrogens with one attached hydrogen (secondary N) is 1. The zero-order valence-corrected chi connectivity index (χ0v) is 16.2. The maximum atomic E-state index is 13.7. The molecule has 0 saturated carbocycles. The molecular weight excluding hydrogens is 392 g/mol. The fraction of sp³-hybridized carbons (Fsp3) is 0.130. The number of hydrogen-bond donors (Lipinski definition) is 1. The zero-order chi connectivity index (χ0) is 21.5. The Bertz CT molecular complexity index is 1030. The molecule has 5 nitrogen and oxygen atoms in total. The largest absolute Gasteiger partial charge is 0.469 e. The SMILES string of the molecule is COC(=O)Cc1ccc(CNC(=O)c2ccc(F)cc2Oc2ccc(F)cc2)cc1. The molecule has 0 unspecified atom stereocenters. The average molecular weight is 411 g/mol. The fourth-order valence-corrected chi connectivity index (χ4v) is 2.69. The van der Waals surface area contributed by atoms with Gasteiger partial charge in [0, 0.05) is 12.6 Å². The Kier molecular flexibility index (Phi) is 6.75. The van der Waals surface area contributed by atoms with E-state index < -0.39 is 17.5 Å². The molecule has 3 rings (SSSR count). The molecule has 0 atom stereocenters.